The Balaban J connectivity index is 1.60. The van der Waals surface area contributed by atoms with E-state index >= 15 is 0 Å². The number of ether oxygens (including phenoxy) is 3. The summed E-state index contributed by atoms with van der Waals surface area (Å²) in [5, 5.41) is 2.80. The number of nitrogens with one attached hydrogen (secondary N) is 1. The zero-order chi connectivity index (χ0) is 16.0. The standard InChI is InChI=1S/C16H18N2O5/c1-16(10-4-5-12-13(7-10)23-9-22-12)14(19)18(15(20)17-16)8-11-3-2-6-21-11/h4-5,7,11H,2-3,6,8-9H2,1H3,(H,17,20)/t11-,16-/m0/s1. The molecule has 3 heterocycles. The maximum absolute atomic E-state index is 12.8. The largest absolute Gasteiger partial charge is 0.454 e. The van der Waals surface area contributed by atoms with E-state index in [1.54, 1.807) is 25.1 Å². The van der Waals surface area contributed by atoms with Crippen molar-refractivity contribution in [3.8, 4) is 11.5 Å². The lowest BCUT2D eigenvalue weighted by molar-refractivity contribution is -0.132. The summed E-state index contributed by atoms with van der Waals surface area (Å²) >= 11 is 0. The van der Waals surface area contributed by atoms with E-state index in [9.17, 15) is 9.59 Å². The number of hydrogen-bond donors (Lipinski definition) is 1. The van der Waals surface area contributed by atoms with Crippen LogP contribution in [0, 0.1) is 0 Å². The second-order valence-corrected chi connectivity index (χ2v) is 6.17. The van der Waals surface area contributed by atoms with Gasteiger partial charge in [-0.25, -0.2) is 4.79 Å². The molecule has 7 nitrogen and oxygen atoms in total. The summed E-state index contributed by atoms with van der Waals surface area (Å²) in [7, 11) is 0. The van der Waals surface area contributed by atoms with Crippen LogP contribution in [0.5, 0.6) is 11.5 Å². The molecular weight excluding hydrogens is 300 g/mol. The average Bonchev–Trinajstić information content (AvgIpc) is 3.25. The lowest BCUT2D eigenvalue weighted by Crippen LogP contribution is -2.42. The summed E-state index contributed by atoms with van der Waals surface area (Å²) in [6.07, 6.45) is 1.77. The number of carbonyl (C=O) groups excluding carboxylic acids is 2. The second kappa shape index (κ2) is 5.13. The number of imide groups is 1. The van der Waals surface area contributed by atoms with Crippen LogP contribution in [-0.2, 0) is 15.1 Å². The van der Waals surface area contributed by atoms with Crippen LogP contribution in [0.1, 0.15) is 25.3 Å². The molecule has 2 atom stereocenters. The first-order chi connectivity index (χ1) is 11.1. The van der Waals surface area contributed by atoms with E-state index in [0.29, 0.717) is 30.2 Å². The summed E-state index contributed by atoms with van der Waals surface area (Å²) in [5.74, 6) is 0.963. The maximum atomic E-state index is 12.8. The Morgan fingerprint density at radius 1 is 1.30 bits per heavy atom. The molecule has 1 aromatic carbocycles. The van der Waals surface area contributed by atoms with Crippen molar-refractivity contribution in [3.63, 3.8) is 0 Å². The molecule has 0 aliphatic carbocycles. The molecule has 0 bridgehead atoms. The fourth-order valence-corrected chi connectivity index (χ4v) is 3.26. The predicted octanol–water partition coefficient (Wildman–Crippen LogP) is 1.36. The Bertz CT molecular complexity index is 670. The smallest absolute Gasteiger partial charge is 0.325 e. The van der Waals surface area contributed by atoms with Crippen molar-refractivity contribution in [1.82, 2.24) is 10.2 Å². The number of urea groups is 1. The van der Waals surface area contributed by atoms with Crippen LogP contribution in [0.25, 0.3) is 0 Å². The van der Waals surface area contributed by atoms with E-state index in [1.807, 2.05) is 0 Å². The SMILES string of the molecule is C[C@@]1(c2ccc3c(c2)OCO3)NC(=O)N(C[C@@H]2CCCO2)C1=O. The molecule has 0 radical (unpaired) electrons. The monoisotopic (exact) mass is 318 g/mol. The van der Waals surface area contributed by atoms with Gasteiger partial charge in [0.1, 0.15) is 5.54 Å². The van der Waals surface area contributed by atoms with Crippen LogP contribution < -0.4 is 14.8 Å². The van der Waals surface area contributed by atoms with Gasteiger partial charge in [0, 0.05) is 6.61 Å². The molecule has 7 heteroatoms. The fraction of sp³-hybridized carbons (Fsp3) is 0.500. The van der Waals surface area contributed by atoms with Crippen LogP contribution >= 0.6 is 0 Å². The molecule has 2 saturated heterocycles. The van der Waals surface area contributed by atoms with Crippen molar-refractivity contribution < 1.29 is 23.8 Å². The molecule has 23 heavy (non-hydrogen) atoms. The van der Waals surface area contributed by atoms with Gasteiger partial charge < -0.3 is 19.5 Å². The lowest BCUT2D eigenvalue weighted by atomic mass is 9.91. The van der Waals surface area contributed by atoms with Crippen LogP contribution in [-0.4, -0.2) is 42.9 Å². The minimum atomic E-state index is -1.10. The maximum Gasteiger partial charge on any atom is 0.325 e. The average molecular weight is 318 g/mol. The van der Waals surface area contributed by atoms with Crippen molar-refractivity contribution >= 4 is 11.9 Å². The van der Waals surface area contributed by atoms with Gasteiger partial charge in [-0.2, -0.15) is 0 Å². The van der Waals surface area contributed by atoms with Gasteiger partial charge in [-0.3, -0.25) is 9.69 Å². The molecule has 0 unspecified atom stereocenters. The third-order valence-electron chi connectivity index (χ3n) is 4.64. The summed E-state index contributed by atoms with van der Waals surface area (Å²) < 4.78 is 16.2. The van der Waals surface area contributed by atoms with E-state index in [2.05, 4.69) is 5.32 Å². The Morgan fingerprint density at radius 3 is 2.91 bits per heavy atom. The number of nitrogens with zero attached hydrogens (tertiary/aromatic N) is 1. The van der Waals surface area contributed by atoms with Crippen LogP contribution in [0.3, 0.4) is 0 Å². The number of fused-ring (bicyclic) bond motifs is 1. The third-order valence-corrected chi connectivity index (χ3v) is 4.64. The number of rotatable bonds is 3. The first kappa shape index (κ1) is 14.3. The zero-order valence-electron chi connectivity index (χ0n) is 12.8. The van der Waals surface area contributed by atoms with Gasteiger partial charge in [0.25, 0.3) is 5.91 Å². The van der Waals surface area contributed by atoms with Crippen molar-refractivity contribution in [2.24, 2.45) is 0 Å². The summed E-state index contributed by atoms with van der Waals surface area (Å²) in [4.78, 5) is 26.4. The summed E-state index contributed by atoms with van der Waals surface area (Å²) in [5.41, 5.74) is -0.425. The number of benzene rings is 1. The number of amides is 3. The van der Waals surface area contributed by atoms with E-state index in [0.717, 1.165) is 12.8 Å². The lowest BCUT2D eigenvalue weighted by Gasteiger charge is -2.23. The molecule has 3 amide bonds. The fourth-order valence-electron chi connectivity index (χ4n) is 3.26. The van der Waals surface area contributed by atoms with Crippen LogP contribution in [0.15, 0.2) is 18.2 Å². The quantitative estimate of drug-likeness (QED) is 0.852. The summed E-state index contributed by atoms with van der Waals surface area (Å²) in [6, 6.07) is 4.90. The number of hydrogen-bond acceptors (Lipinski definition) is 5. The van der Waals surface area contributed by atoms with Gasteiger partial charge >= 0.3 is 6.03 Å². The van der Waals surface area contributed by atoms with Crippen LogP contribution in [0.4, 0.5) is 4.79 Å². The minimum Gasteiger partial charge on any atom is -0.454 e. The molecule has 1 aromatic rings. The van der Waals surface area contributed by atoms with E-state index < -0.39 is 5.54 Å². The van der Waals surface area contributed by atoms with Crippen molar-refractivity contribution in [1.29, 1.82) is 0 Å². The van der Waals surface area contributed by atoms with Crippen molar-refractivity contribution in [2.45, 2.75) is 31.4 Å². The third kappa shape index (κ3) is 2.23. The molecular formula is C16H18N2O5. The summed E-state index contributed by atoms with van der Waals surface area (Å²) in [6.45, 7) is 2.86. The van der Waals surface area contributed by atoms with Gasteiger partial charge in [0.05, 0.1) is 12.6 Å². The second-order valence-electron chi connectivity index (χ2n) is 6.17. The Kier molecular flexibility index (Phi) is 3.19. The Morgan fingerprint density at radius 2 is 2.13 bits per heavy atom. The predicted molar refractivity (Wildman–Crippen MR) is 79.1 cm³/mol. The zero-order valence-corrected chi connectivity index (χ0v) is 12.8. The molecule has 122 valence electrons. The molecule has 2 fully saturated rings. The molecule has 1 N–H and O–H groups in total. The molecule has 0 saturated carbocycles. The van der Waals surface area contributed by atoms with Gasteiger partial charge in [-0.15, -0.1) is 0 Å². The Labute approximate surface area is 133 Å². The van der Waals surface area contributed by atoms with E-state index in [1.165, 1.54) is 4.90 Å². The van der Waals surface area contributed by atoms with Crippen molar-refractivity contribution in [3.05, 3.63) is 23.8 Å². The van der Waals surface area contributed by atoms with Gasteiger partial charge in [0.2, 0.25) is 6.79 Å². The molecule has 4 rings (SSSR count). The molecule has 3 aliphatic rings. The first-order valence-electron chi connectivity index (χ1n) is 7.74. The van der Waals surface area contributed by atoms with Gasteiger partial charge in [0.15, 0.2) is 11.5 Å². The minimum absolute atomic E-state index is 0.0659. The van der Waals surface area contributed by atoms with Gasteiger partial charge in [-0.05, 0) is 37.5 Å². The molecule has 3 aliphatic heterocycles. The van der Waals surface area contributed by atoms with Crippen LogP contribution in [0.2, 0.25) is 0 Å². The highest BCUT2D eigenvalue weighted by Crippen LogP contribution is 2.38. The van der Waals surface area contributed by atoms with Gasteiger partial charge in [-0.1, -0.05) is 6.07 Å². The topological polar surface area (TPSA) is 77.1 Å². The van der Waals surface area contributed by atoms with Crippen molar-refractivity contribution in [2.75, 3.05) is 19.9 Å². The molecule has 0 spiro atoms. The Hall–Kier alpha value is -2.28. The van der Waals surface area contributed by atoms with E-state index in [-0.39, 0.29) is 24.8 Å². The first-order valence-corrected chi connectivity index (χ1v) is 7.74. The molecule has 0 aromatic heterocycles. The highest BCUT2D eigenvalue weighted by atomic mass is 16.7. The normalized spacial score (nSPS) is 29.3. The number of carbonyl (C=O) groups is 2. The highest BCUT2D eigenvalue weighted by molar-refractivity contribution is 6.07. The van der Waals surface area contributed by atoms with E-state index in [4.69, 9.17) is 14.2 Å². The highest BCUT2D eigenvalue weighted by Gasteiger charge is 2.50.